The molecule has 0 nitrogen and oxygen atoms in total. The molecule has 2 aromatic carbocycles. The zero-order valence-corrected chi connectivity index (χ0v) is 15.4. The molecule has 0 aliphatic carbocycles. The van der Waals surface area contributed by atoms with Gasteiger partial charge in [0.15, 0.2) is 0 Å². The Balaban J connectivity index is 1.70. The number of hydrogen-bond acceptors (Lipinski definition) is 2. The van der Waals surface area contributed by atoms with Crippen LogP contribution < -0.4 is 0 Å². The molecule has 102 valence electrons. The Kier molecular flexibility index (Phi) is 7.09. The van der Waals surface area contributed by atoms with Crippen molar-refractivity contribution in [3.8, 4) is 11.8 Å². The van der Waals surface area contributed by atoms with Crippen LogP contribution in [-0.2, 0) is 0 Å². The number of benzene rings is 2. The summed E-state index contributed by atoms with van der Waals surface area (Å²) in [6, 6.07) is 16.6. The molecule has 0 bridgehead atoms. The Bertz CT molecular complexity index is 542. The van der Waals surface area contributed by atoms with Crippen molar-refractivity contribution in [2.24, 2.45) is 0 Å². The molecule has 2 rings (SSSR count). The summed E-state index contributed by atoms with van der Waals surface area (Å²) >= 11 is 10.4. The van der Waals surface area contributed by atoms with E-state index in [0.717, 1.165) is 20.5 Å². The van der Waals surface area contributed by atoms with E-state index in [4.69, 9.17) is 0 Å². The van der Waals surface area contributed by atoms with Gasteiger partial charge in [0.05, 0.1) is 11.5 Å². The summed E-state index contributed by atoms with van der Waals surface area (Å²) in [5, 5.41) is 0. The van der Waals surface area contributed by atoms with Crippen LogP contribution in [-0.4, -0.2) is 11.5 Å². The molecule has 0 unspecified atom stereocenters. The van der Waals surface area contributed by atoms with Gasteiger partial charge in [-0.1, -0.05) is 43.7 Å². The molecule has 0 atom stereocenters. The average molecular weight is 428 g/mol. The molecular formula is C16H12Br2S2. The van der Waals surface area contributed by atoms with Crippen molar-refractivity contribution in [1.82, 2.24) is 0 Å². The third kappa shape index (κ3) is 5.97. The van der Waals surface area contributed by atoms with Crippen LogP contribution in [0.2, 0.25) is 0 Å². The van der Waals surface area contributed by atoms with Crippen molar-refractivity contribution >= 4 is 55.4 Å². The molecule has 4 heteroatoms. The van der Waals surface area contributed by atoms with Crippen LogP contribution in [0.4, 0.5) is 0 Å². The Morgan fingerprint density at radius 2 is 1.00 bits per heavy atom. The predicted octanol–water partition coefficient (Wildman–Crippen LogP) is 6.10. The van der Waals surface area contributed by atoms with Crippen molar-refractivity contribution in [3.63, 3.8) is 0 Å². The van der Waals surface area contributed by atoms with Gasteiger partial charge >= 0.3 is 0 Å². The first-order valence-electron chi connectivity index (χ1n) is 5.96. The second-order valence-electron chi connectivity index (χ2n) is 3.84. The molecule has 0 aromatic heterocycles. The lowest BCUT2D eigenvalue weighted by Gasteiger charge is -1.97. The van der Waals surface area contributed by atoms with E-state index in [1.54, 1.807) is 23.5 Å². The first kappa shape index (κ1) is 16.0. The van der Waals surface area contributed by atoms with E-state index < -0.39 is 0 Å². The van der Waals surface area contributed by atoms with Gasteiger partial charge in [0.2, 0.25) is 0 Å². The lowest BCUT2D eigenvalue weighted by Crippen LogP contribution is -1.77. The van der Waals surface area contributed by atoms with E-state index in [9.17, 15) is 0 Å². The van der Waals surface area contributed by atoms with Crippen LogP contribution in [0.25, 0.3) is 0 Å². The van der Waals surface area contributed by atoms with E-state index in [-0.39, 0.29) is 0 Å². The van der Waals surface area contributed by atoms with Crippen molar-refractivity contribution < 1.29 is 0 Å². The van der Waals surface area contributed by atoms with Gasteiger partial charge in [0, 0.05) is 18.7 Å². The Labute approximate surface area is 145 Å². The molecule has 20 heavy (non-hydrogen) atoms. The molecule has 0 radical (unpaired) electrons. The molecule has 0 heterocycles. The normalized spacial score (nSPS) is 9.90. The first-order chi connectivity index (χ1) is 9.74. The van der Waals surface area contributed by atoms with E-state index >= 15 is 0 Å². The van der Waals surface area contributed by atoms with Gasteiger partial charge in [-0.3, -0.25) is 0 Å². The van der Waals surface area contributed by atoms with Crippen molar-refractivity contribution in [1.29, 1.82) is 0 Å². The van der Waals surface area contributed by atoms with Crippen molar-refractivity contribution in [2.75, 3.05) is 11.5 Å². The molecule has 2 aromatic rings. The predicted molar refractivity (Wildman–Crippen MR) is 97.5 cm³/mol. The monoisotopic (exact) mass is 426 g/mol. The SMILES string of the molecule is Brc1ccc(SCC#CCSc2ccc(Br)cc2)cc1. The smallest absolute Gasteiger partial charge is 0.0595 e. The van der Waals surface area contributed by atoms with Gasteiger partial charge in [-0.15, -0.1) is 23.5 Å². The lowest BCUT2D eigenvalue weighted by molar-refractivity contribution is 1.44. The molecule has 0 N–H and O–H groups in total. The van der Waals surface area contributed by atoms with E-state index in [1.807, 2.05) is 0 Å². The topological polar surface area (TPSA) is 0 Å². The fourth-order valence-electron chi connectivity index (χ4n) is 1.40. The minimum atomic E-state index is 0.836. The largest absolute Gasteiger partial charge is 0.113 e. The molecule has 0 spiro atoms. The average Bonchev–Trinajstić information content (AvgIpc) is 2.46. The first-order valence-corrected chi connectivity index (χ1v) is 9.52. The fraction of sp³-hybridized carbons (Fsp3) is 0.125. The maximum absolute atomic E-state index is 3.43. The summed E-state index contributed by atoms with van der Waals surface area (Å²) < 4.78 is 2.22. The van der Waals surface area contributed by atoms with Crippen LogP contribution in [0.15, 0.2) is 67.3 Å². The maximum atomic E-state index is 3.43. The second-order valence-corrected chi connectivity index (χ2v) is 7.77. The van der Waals surface area contributed by atoms with Crippen molar-refractivity contribution in [3.05, 3.63) is 57.5 Å². The van der Waals surface area contributed by atoms with E-state index in [2.05, 4.69) is 92.2 Å². The van der Waals surface area contributed by atoms with Gasteiger partial charge in [0.25, 0.3) is 0 Å². The molecule has 0 saturated heterocycles. The third-order valence-electron chi connectivity index (χ3n) is 2.37. The summed E-state index contributed by atoms with van der Waals surface area (Å²) in [5.74, 6) is 8.07. The molecule has 0 saturated carbocycles. The fourth-order valence-corrected chi connectivity index (χ4v) is 3.27. The van der Waals surface area contributed by atoms with E-state index in [1.165, 1.54) is 9.79 Å². The van der Waals surface area contributed by atoms with Crippen LogP contribution in [0.3, 0.4) is 0 Å². The highest BCUT2D eigenvalue weighted by molar-refractivity contribution is 9.10. The zero-order valence-electron chi connectivity index (χ0n) is 10.6. The summed E-state index contributed by atoms with van der Waals surface area (Å²) in [7, 11) is 0. The third-order valence-corrected chi connectivity index (χ3v) is 5.22. The van der Waals surface area contributed by atoms with Gasteiger partial charge in [0.1, 0.15) is 0 Å². The quantitative estimate of drug-likeness (QED) is 0.427. The highest BCUT2D eigenvalue weighted by atomic mass is 79.9. The Morgan fingerprint density at radius 3 is 1.35 bits per heavy atom. The highest BCUT2D eigenvalue weighted by Crippen LogP contribution is 2.21. The standard InChI is InChI=1S/C16H12Br2S2/c17-13-3-7-15(8-4-13)19-11-1-2-12-20-16-9-5-14(18)6-10-16/h3-10H,11-12H2. The summed E-state index contributed by atoms with van der Waals surface area (Å²) in [6.07, 6.45) is 0. The minimum absolute atomic E-state index is 0.836. The Morgan fingerprint density at radius 1 is 0.650 bits per heavy atom. The molecule has 0 aliphatic heterocycles. The second kappa shape index (κ2) is 8.84. The molecular weight excluding hydrogens is 416 g/mol. The Hall–Kier alpha value is -0.340. The number of rotatable bonds is 4. The van der Waals surface area contributed by atoms with Gasteiger partial charge in [-0.05, 0) is 48.5 Å². The highest BCUT2D eigenvalue weighted by Gasteiger charge is 1.93. The maximum Gasteiger partial charge on any atom is 0.0595 e. The van der Waals surface area contributed by atoms with Gasteiger partial charge in [-0.2, -0.15) is 0 Å². The summed E-state index contributed by atoms with van der Waals surface area (Å²) in [5.41, 5.74) is 0. The van der Waals surface area contributed by atoms with Crippen LogP contribution in [0, 0.1) is 11.8 Å². The number of halogens is 2. The summed E-state index contributed by atoms with van der Waals surface area (Å²) in [4.78, 5) is 2.51. The van der Waals surface area contributed by atoms with Crippen LogP contribution in [0.5, 0.6) is 0 Å². The van der Waals surface area contributed by atoms with Gasteiger partial charge < -0.3 is 0 Å². The van der Waals surface area contributed by atoms with Crippen LogP contribution >= 0.6 is 55.4 Å². The zero-order chi connectivity index (χ0) is 14.2. The molecule has 0 amide bonds. The minimum Gasteiger partial charge on any atom is -0.113 e. The van der Waals surface area contributed by atoms with Crippen molar-refractivity contribution in [2.45, 2.75) is 9.79 Å². The number of thioether (sulfide) groups is 2. The van der Waals surface area contributed by atoms with Gasteiger partial charge in [-0.25, -0.2) is 0 Å². The number of hydrogen-bond donors (Lipinski definition) is 0. The summed E-state index contributed by atoms with van der Waals surface area (Å²) in [6.45, 7) is 0. The molecule has 0 aliphatic rings. The lowest BCUT2D eigenvalue weighted by atomic mass is 10.4. The van der Waals surface area contributed by atoms with Crippen LogP contribution in [0.1, 0.15) is 0 Å². The molecule has 0 fully saturated rings. The van der Waals surface area contributed by atoms with E-state index in [0.29, 0.717) is 0 Å².